The van der Waals surface area contributed by atoms with Crippen LogP contribution in [0.3, 0.4) is 0 Å². The normalized spacial score (nSPS) is 12.5. The van der Waals surface area contributed by atoms with E-state index in [2.05, 4.69) is 0 Å². The second kappa shape index (κ2) is 4.25. The second-order valence-electron chi connectivity index (χ2n) is 2.74. The maximum absolute atomic E-state index is 10.9. The second-order valence-corrected chi connectivity index (χ2v) is 3.18. The van der Waals surface area contributed by atoms with Crippen LogP contribution >= 0.6 is 11.6 Å². The van der Waals surface area contributed by atoms with E-state index < -0.39 is 11.8 Å². The number of carbonyl (C=O) groups excluding carboxylic acids is 1. The van der Waals surface area contributed by atoms with Gasteiger partial charge in [0.05, 0.1) is 5.92 Å². The van der Waals surface area contributed by atoms with Gasteiger partial charge in [-0.15, -0.1) is 0 Å². The molecule has 13 heavy (non-hydrogen) atoms. The summed E-state index contributed by atoms with van der Waals surface area (Å²) < 4.78 is 0. The fraction of sp³-hybridized carbons (Fsp3) is 0.222. The fourth-order valence-electron chi connectivity index (χ4n) is 1.11. The van der Waals surface area contributed by atoms with Gasteiger partial charge in [-0.05, 0) is 17.7 Å². The summed E-state index contributed by atoms with van der Waals surface area (Å²) in [4.78, 5) is 10.9. The quantitative estimate of drug-likeness (QED) is 0.757. The highest BCUT2D eigenvalue weighted by molar-refractivity contribution is 6.30. The topological polar surface area (TPSA) is 69.1 Å². The van der Waals surface area contributed by atoms with Gasteiger partial charge in [0.1, 0.15) is 0 Å². The number of amides is 1. The Morgan fingerprint density at radius 2 is 1.92 bits per heavy atom. The van der Waals surface area contributed by atoms with E-state index >= 15 is 0 Å². The zero-order valence-corrected chi connectivity index (χ0v) is 7.79. The first kappa shape index (κ1) is 10.0. The molecular formula is C9H11ClN2O. The molecule has 4 heteroatoms. The molecule has 3 nitrogen and oxygen atoms in total. The summed E-state index contributed by atoms with van der Waals surface area (Å²) in [5.41, 5.74) is 11.4. The van der Waals surface area contributed by atoms with Gasteiger partial charge < -0.3 is 11.5 Å². The predicted octanol–water partition coefficient (Wildman–Crippen LogP) is 0.868. The molecule has 0 aromatic heterocycles. The highest BCUT2D eigenvalue weighted by Crippen LogP contribution is 2.17. The Bertz CT molecular complexity index is 297. The molecule has 70 valence electrons. The first-order valence-electron chi connectivity index (χ1n) is 3.90. The predicted molar refractivity (Wildman–Crippen MR) is 52.4 cm³/mol. The van der Waals surface area contributed by atoms with Crippen molar-refractivity contribution < 1.29 is 4.79 Å². The third kappa shape index (κ3) is 2.44. The van der Waals surface area contributed by atoms with Crippen LogP contribution in [0.2, 0.25) is 5.02 Å². The first-order valence-corrected chi connectivity index (χ1v) is 4.27. The third-order valence-corrected chi connectivity index (χ3v) is 2.10. The van der Waals surface area contributed by atoms with Crippen molar-refractivity contribution in [3.8, 4) is 0 Å². The van der Waals surface area contributed by atoms with Gasteiger partial charge in [-0.3, -0.25) is 4.79 Å². The van der Waals surface area contributed by atoms with Crippen molar-refractivity contribution in [3.63, 3.8) is 0 Å². The van der Waals surface area contributed by atoms with Gasteiger partial charge >= 0.3 is 0 Å². The largest absolute Gasteiger partial charge is 0.369 e. The summed E-state index contributed by atoms with van der Waals surface area (Å²) in [6.45, 7) is 0.219. The molecule has 0 saturated heterocycles. The number of primary amides is 1. The van der Waals surface area contributed by atoms with Crippen molar-refractivity contribution >= 4 is 17.5 Å². The Hall–Kier alpha value is -1.06. The molecule has 0 saturated carbocycles. The number of rotatable bonds is 3. The van der Waals surface area contributed by atoms with Crippen LogP contribution in [0.4, 0.5) is 0 Å². The van der Waals surface area contributed by atoms with Crippen molar-refractivity contribution in [2.75, 3.05) is 6.54 Å². The SMILES string of the molecule is NC[C@H](C(N)=O)c1ccc(Cl)cc1. The molecule has 1 aromatic rings. The smallest absolute Gasteiger partial charge is 0.226 e. The van der Waals surface area contributed by atoms with Gasteiger partial charge in [0, 0.05) is 11.6 Å². The molecule has 0 aliphatic carbocycles. The van der Waals surface area contributed by atoms with Gasteiger partial charge in [0.25, 0.3) is 0 Å². The molecule has 0 radical (unpaired) electrons. The number of carbonyl (C=O) groups is 1. The molecule has 0 aliphatic rings. The lowest BCUT2D eigenvalue weighted by Crippen LogP contribution is -2.27. The van der Waals surface area contributed by atoms with Gasteiger partial charge in [-0.2, -0.15) is 0 Å². The third-order valence-electron chi connectivity index (χ3n) is 1.85. The van der Waals surface area contributed by atoms with Crippen LogP contribution in [-0.2, 0) is 4.79 Å². The average molecular weight is 199 g/mol. The molecule has 0 heterocycles. The van der Waals surface area contributed by atoms with Crippen LogP contribution in [0.15, 0.2) is 24.3 Å². The zero-order valence-electron chi connectivity index (χ0n) is 7.03. The first-order chi connectivity index (χ1) is 6.15. The van der Waals surface area contributed by atoms with E-state index in [9.17, 15) is 4.79 Å². The summed E-state index contributed by atoms with van der Waals surface area (Å²) in [5.74, 6) is -0.831. The lowest BCUT2D eigenvalue weighted by Gasteiger charge is -2.10. The van der Waals surface area contributed by atoms with E-state index in [1.807, 2.05) is 0 Å². The molecule has 4 N–H and O–H groups in total. The number of nitrogens with two attached hydrogens (primary N) is 2. The molecule has 1 atom stereocenters. The van der Waals surface area contributed by atoms with E-state index in [1.165, 1.54) is 0 Å². The number of halogens is 1. The summed E-state index contributed by atoms with van der Waals surface area (Å²) in [7, 11) is 0. The lowest BCUT2D eigenvalue weighted by molar-refractivity contribution is -0.119. The molecule has 0 fully saturated rings. The summed E-state index contributed by atoms with van der Waals surface area (Å²) in [6, 6.07) is 6.93. The molecule has 1 rings (SSSR count). The molecule has 0 aliphatic heterocycles. The molecule has 0 spiro atoms. The minimum absolute atomic E-state index is 0.219. The fourth-order valence-corrected chi connectivity index (χ4v) is 1.24. The molecule has 0 unspecified atom stereocenters. The van der Waals surface area contributed by atoms with Gasteiger partial charge in [0.15, 0.2) is 0 Å². The maximum Gasteiger partial charge on any atom is 0.226 e. The van der Waals surface area contributed by atoms with E-state index in [-0.39, 0.29) is 6.54 Å². The van der Waals surface area contributed by atoms with Crippen LogP contribution in [0.5, 0.6) is 0 Å². The van der Waals surface area contributed by atoms with Gasteiger partial charge in [-0.25, -0.2) is 0 Å². The van der Waals surface area contributed by atoms with Gasteiger partial charge in [0.2, 0.25) is 5.91 Å². The maximum atomic E-state index is 10.9. The van der Waals surface area contributed by atoms with E-state index in [0.29, 0.717) is 5.02 Å². The number of benzene rings is 1. The Morgan fingerprint density at radius 3 is 2.31 bits per heavy atom. The van der Waals surface area contributed by atoms with Crippen LogP contribution in [0, 0.1) is 0 Å². The van der Waals surface area contributed by atoms with Crippen molar-refractivity contribution in [3.05, 3.63) is 34.9 Å². The van der Waals surface area contributed by atoms with E-state index in [0.717, 1.165) is 5.56 Å². The molecular weight excluding hydrogens is 188 g/mol. The van der Waals surface area contributed by atoms with Crippen LogP contribution in [0.1, 0.15) is 11.5 Å². The van der Waals surface area contributed by atoms with Crippen LogP contribution in [-0.4, -0.2) is 12.5 Å². The highest BCUT2D eigenvalue weighted by atomic mass is 35.5. The highest BCUT2D eigenvalue weighted by Gasteiger charge is 2.14. The van der Waals surface area contributed by atoms with E-state index in [1.54, 1.807) is 24.3 Å². The summed E-state index contributed by atoms with van der Waals surface area (Å²) >= 11 is 5.69. The average Bonchev–Trinajstić information content (AvgIpc) is 2.09. The van der Waals surface area contributed by atoms with Crippen LogP contribution in [0.25, 0.3) is 0 Å². The molecule has 0 bridgehead atoms. The Labute approximate surface area is 81.7 Å². The number of hydrogen-bond acceptors (Lipinski definition) is 2. The Balaban J connectivity index is 2.92. The van der Waals surface area contributed by atoms with Crippen molar-refractivity contribution in [2.45, 2.75) is 5.92 Å². The lowest BCUT2D eigenvalue weighted by atomic mass is 9.99. The minimum atomic E-state index is -0.419. The van der Waals surface area contributed by atoms with E-state index in [4.69, 9.17) is 23.1 Å². The standard InChI is InChI=1S/C9H11ClN2O/c10-7-3-1-6(2-4-7)8(5-11)9(12)13/h1-4,8H,5,11H2,(H2,12,13)/t8-/m0/s1. The van der Waals surface area contributed by atoms with Crippen LogP contribution < -0.4 is 11.5 Å². The Morgan fingerprint density at radius 1 is 1.38 bits per heavy atom. The zero-order chi connectivity index (χ0) is 9.84. The van der Waals surface area contributed by atoms with Crippen molar-refractivity contribution in [2.24, 2.45) is 11.5 Å². The Kier molecular flexibility index (Phi) is 3.28. The monoisotopic (exact) mass is 198 g/mol. The molecule has 1 aromatic carbocycles. The minimum Gasteiger partial charge on any atom is -0.369 e. The summed E-state index contributed by atoms with van der Waals surface area (Å²) in [5, 5.41) is 0.629. The van der Waals surface area contributed by atoms with Crippen molar-refractivity contribution in [1.82, 2.24) is 0 Å². The van der Waals surface area contributed by atoms with Gasteiger partial charge in [-0.1, -0.05) is 23.7 Å². The number of hydrogen-bond donors (Lipinski definition) is 2. The summed E-state index contributed by atoms with van der Waals surface area (Å²) in [6.07, 6.45) is 0. The molecule has 1 amide bonds. The van der Waals surface area contributed by atoms with Crippen molar-refractivity contribution in [1.29, 1.82) is 0 Å².